The van der Waals surface area contributed by atoms with E-state index in [0.29, 0.717) is 23.0 Å². The van der Waals surface area contributed by atoms with Gasteiger partial charge in [0.05, 0.1) is 5.60 Å². The fourth-order valence-corrected chi connectivity index (χ4v) is 7.30. The number of rotatable bonds is 0. The van der Waals surface area contributed by atoms with Crippen molar-refractivity contribution >= 4 is 5.78 Å². The van der Waals surface area contributed by atoms with Crippen LogP contribution in [0, 0.1) is 22.7 Å². The summed E-state index contributed by atoms with van der Waals surface area (Å²) in [5.41, 5.74) is 3.91. The number of fused-ring (bicyclic) bond motifs is 6. The van der Waals surface area contributed by atoms with E-state index < -0.39 is 0 Å². The molecule has 3 fully saturated rings. The van der Waals surface area contributed by atoms with Crippen LogP contribution in [0.4, 0.5) is 0 Å². The maximum Gasteiger partial charge on any atom is 0.155 e. The Morgan fingerprint density at radius 2 is 1.92 bits per heavy atom. The maximum atomic E-state index is 11.9. The Labute approximate surface area is 145 Å². The van der Waals surface area contributed by atoms with Gasteiger partial charge in [-0.1, -0.05) is 31.1 Å². The summed E-state index contributed by atoms with van der Waals surface area (Å²) in [4.78, 5) is 11.9. The lowest BCUT2D eigenvalue weighted by molar-refractivity contribution is -0.116. The Balaban J connectivity index is 1.55. The minimum atomic E-state index is 0.170. The van der Waals surface area contributed by atoms with Crippen molar-refractivity contribution in [2.24, 2.45) is 22.7 Å². The summed E-state index contributed by atoms with van der Waals surface area (Å²) >= 11 is 0. The summed E-state index contributed by atoms with van der Waals surface area (Å²) in [6.07, 6.45) is 15.0. The molecule has 0 aromatic carbocycles. The molecule has 1 spiro atoms. The van der Waals surface area contributed by atoms with Crippen LogP contribution in [0.25, 0.3) is 0 Å². The average molecular weight is 326 g/mol. The Hall–Kier alpha value is -0.890. The normalized spacial score (nSPS) is 50.2. The highest BCUT2D eigenvalue weighted by Crippen LogP contribution is 2.68. The summed E-state index contributed by atoms with van der Waals surface area (Å²) in [7, 11) is 0. The van der Waals surface area contributed by atoms with E-state index in [-0.39, 0.29) is 11.0 Å². The Morgan fingerprint density at radius 1 is 1.08 bits per heavy atom. The summed E-state index contributed by atoms with van der Waals surface area (Å²) in [5, 5.41) is 0. The molecule has 0 aromatic heterocycles. The van der Waals surface area contributed by atoms with Gasteiger partial charge in [-0.3, -0.25) is 4.79 Å². The summed E-state index contributed by atoms with van der Waals surface area (Å²) < 4.78 is 6.42. The van der Waals surface area contributed by atoms with Crippen LogP contribution in [0.5, 0.6) is 0 Å². The van der Waals surface area contributed by atoms with Gasteiger partial charge in [0.15, 0.2) is 5.78 Å². The lowest BCUT2D eigenvalue weighted by Gasteiger charge is -2.56. The van der Waals surface area contributed by atoms with Gasteiger partial charge in [-0.25, -0.2) is 0 Å². The van der Waals surface area contributed by atoms with Crippen molar-refractivity contribution in [3.8, 4) is 0 Å². The molecule has 2 nitrogen and oxygen atoms in total. The number of hydrogen-bond acceptors (Lipinski definition) is 2. The second-order valence-electron chi connectivity index (χ2n) is 9.51. The zero-order valence-corrected chi connectivity index (χ0v) is 15.2. The summed E-state index contributed by atoms with van der Waals surface area (Å²) in [5.74, 6) is 1.73. The van der Waals surface area contributed by atoms with E-state index in [1.807, 2.05) is 6.08 Å². The molecular weight excluding hydrogens is 296 g/mol. The molecule has 1 aliphatic heterocycles. The van der Waals surface area contributed by atoms with E-state index in [4.69, 9.17) is 4.74 Å². The molecule has 0 amide bonds. The molecule has 0 radical (unpaired) electrons. The van der Waals surface area contributed by atoms with Crippen molar-refractivity contribution in [1.82, 2.24) is 0 Å². The number of ketones is 1. The number of ether oxygens (including phenoxy) is 1. The lowest BCUT2D eigenvalue weighted by Crippen LogP contribution is -2.51. The average Bonchev–Trinajstić information content (AvgIpc) is 3.15. The van der Waals surface area contributed by atoms with Gasteiger partial charge < -0.3 is 4.74 Å². The summed E-state index contributed by atoms with van der Waals surface area (Å²) in [6.45, 7) is 5.95. The van der Waals surface area contributed by atoms with Crippen molar-refractivity contribution in [2.45, 2.75) is 77.2 Å². The van der Waals surface area contributed by atoms with Crippen LogP contribution in [-0.2, 0) is 9.53 Å². The molecule has 0 N–H and O–H groups in total. The molecule has 1 heterocycles. The summed E-state index contributed by atoms with van der Waals surface area (Å²) in [6, 6.07) is 0. The standard InChI is InChI=1S/C22H30O2/c1-20-10-6-16(23)14-15(20)4-5-17-18(20)7-11-21(2)19(17)8-12-22(21)9-3-13-24-22/h5,14,18-19H,3-4,6-13H2,1-2H3/t18-,19-,20-,21-,22?/m0/s1. The molecule has 5 rings (SSSR count). The maximum absolute atomic E-state index is 11.9. The van der Waals surface area contributed by atoms with E-state index in [0.717, 1.165) is 25.9 Å². The van der Waals surface area contributed by atoms with Gasteiger partial charge in [-0.2, -0.15) is 0 Å². The highest BCUT2D eigenvalue weighted by atomic mass is 16.5. The largest absolute Gasteiger partial charge is 0.374 e. The van der Waals surface area contributed by atoms with Gasteiger partial charge in [-0.15, -0.1) is 0 Å². The third-order valence-electron chi connectivity index (χ3n) is 8.79. The van der Waals surface area contributed by atoms with E-state index in [1.54, 1.807) is 5.57 Å². The smallest absolute Gasteiger partial charge is 0.155 e. The van der Waals surface area contributed by atoms with Crippen LogP contribution in [0.15, 0.2) is 23.3 Å². The van der Waals surface area contributed by atoms with Crippen molar-refractivity contribution in [1.29, 1.82) is 0 Å². The molecule has 4 aliphatic carbocycles. The van der Waals surface area contributed by atoms with Crippen LogP contribution in [0.3, 0.4) is 0 Å². The second-order valence-corrected chi connectivity index (χ2v) is 9.51. The van der Waals surface area contributed by atoms with E-state index >= 15 is 0 Å². The molecule has 1 saturated heterocycles. The van der Waals surface area contributed by atoms with Crippen molar-refractivity contribution in [2.75, 3.05) is 6.61 Å². The van der Waals surface area contributed by atoms with Crippen LogP contribution in [0.1, 0.15) is 71.6 Å². The second kappa shape index (κ2) is 4.84. The predicted molar refractivity (Wildman–Crippen MR) is 94.6 cm³/mol. The first kappa shape index (κ1) is 15.4. The van der Waals surface area contributed by atoms with Crippen LogP contribution in [-0.4, -0.2) is 18.0 Å². The molecule has 2 heteroatoms. The van der Waals surface area contributed by atoms with Crippen molar-refractivity contribution in [3.63, 3.8) is 0 Å². The lowest BCUT2D eigenvalue weighted by atomic mass is 9.49. The first-order chi connectivity index (χ1) is 11.5. The van der Waals surface area contributed by atoms with Crippen LogP contribution < -0.4 is 0 Å². The first-order valence-electron chi connectivity index (χ1n) is 10.1. The molecule has 0 aromatic rings. The Morgan fingerprint density at radius 3 is 2.71 bits per heavy atom. The minimum absolute atomic E-state index is 0.170. The fraction of sp³-hybridized carbons (Fsp3) is 0.773. The van der Waals surface area contributed by atoms with Gasteiger partial charge in [-0.05, 0) is 74.7 Å². The number of hydrogen-bond donors (Lipinski definition) is 0. The van der Waals surface area contributed by atoms with E-state index in [9.17, 15) is 4.79 Å². The van der Waals surface area contributed by atoms with Crippen molar-refractivity contribution in [3.05, 3.63) is 23.3 Å². The van der Waals surface area contributed by atoms with Crippen molar-refractivity contribution < 1.29 is 9.53 Å². The Bertz CT molecular complexity index is 651. The molecule has 130 valence electrons. The van der Waals surface area contributed by atoms with E-state index in [1.165, 1.54) is 44.1 Å². The Kier molecular flexibility index (Phi) is 3.10. The van der Waals surface area contributed by atoms with Gasteiger partial charge in [0, 0.05) is 18.4 Å². The third-order valence-corrected chi connectivity index (χ3v) is 8.79. The monoisotopic (exact) mass is 326 g/mol. The molecule has 2 saturated carbocycles. The fourth-order valence-electron chi connectivity index (χ4n) is 7.30. The quantitative estimate of drug-likeness (QED) is 0.586. The van der Waals surface area contributed by atoms with E-state index in [2.05, 4.69) is 19.9 Å². The zero-order valence-electron chi connectivity index (χ0n) is 15.2. The van der Waals surface area contributed by atoms with Crippen LogP contribution >= 0.6 is 0 Å². The van der Waals surface area contributed by atoms with Gasteiger partial charge >= 0.3 is 0 Å². The first-order valence-corrected chi connectivity index (χ1v) is 10.1. The highest BCUT2D eigenvalue weighted by molar-refractivity contribution is 5.91. The predicted octanol–water partition coefficient (Wildman–Crippen LogP) is 4.99. The van der Waals surface area contributed by atoms with Gasteiger partial charge in [0.25, 0.3) is 0 Å². The highest BCUT2D eigenvalue weighted by Gasteiger charge is 2.63. The SMILES string of the molecule is C[C@]12CCC(=O)C=C1CC=C1[C@@H]2CC[C@@]2(C)[C@H]1CCC21CCCO1. The molecule has 5 atom stereocenters. The minimum Gasteiger partial charge on any atom is -0.374 e. The molecular formula is C22H30O2. The number of carbonyl (C=O) groups excluding carboxylic acids is 1. The van der Waals surface area contributed by atoms with Gasteiger partial charge in [0.1, 0.15) is 0 Å². The molecule has 5 aliphatic rings. The number of allylic oxidation sites excluding steroid dienone is 4. The zero-order chi connectivity index (χ0) is 16.6. The number of carbonyl (C=O) groups is 1. The molecule has 0 bridgehead atoms. The van der Waals surface area contributed by atoms with Gasteiger partial charge in [0.2, 0.25) is 0 Å². The third kappa shape index (κ3) is 1.74. The molecule has 24 heavy (non-hydrogen) atoms. The van der Waals surface area contributed by atoms with Crippen LogP contribution in [0.2, 0.25) is 0 Å². The topological polar surface area (TPSA) is 26.3 Å². The molecule has 1 unspecified atom stereocenters.